The molecule has 29 heavy (non-hydrogen) atoms. The standard InChI is InChI=1S/C20H29N5O4/c1-4-6-15(26)12-29-17-9-16(18(21)19(22)24-17)25(20(27)28-5-2)11-14-8-7-13(3)23-10-14/h7-10,15,26H,4-6,11-12,21H2,1-3H3,(H2,22,24). The van der Waals surface area contributed by atoms with Gasteiger partial charge in [0.2, 0.25) is 5.88 Å². The maximum Gasteiger partial charge on any atom is 0.414 e. The van der Waals surface area contributed by atoms with Crippen molar-refractivity contribution in [2.45, 2.75) is 46.3 Å². The monoisotopic (exact) mass is 403 g/mol. The first-order valence-corrected chi connectivity index (χ1v) is 9.58. The predicted molar refractivity (Wildman–Crippen MR) is 112 cm³/mol. The zero-order valence-corrected chi connectivity index (χ0v) is 17.1. The van der Waals surface area contributed by atoms with E-state index in [9.17, 15) is 9.90 Å². The van der Waals surface area contributed by atoms with Crippen LogP contribution in [0.2, 0.25) is 0 Å². The van der Waals surface area contributed by atoms with Crippen LogP contribution in [0.25, 0.3) is 0 Å². The molecule has 0 aromatic carbocycles. The van der Waals surface area contributed by atoms with E-state index >= 15 is 0 Å². The molecule has 0 aliphatic carbocycles. The van der Waals surface area contributed by atoms with Crippen LogP contribution in [-0.2, 0) is 11.3 Å². The van der Waals surface area contributed by atoms with Crippen molar-refractivity contribution >= 4 is 23.3 Å². The summed E-state index contributed by atoms with van der Waals surface area (Å²) in [6, 6.07) is 5.24. The number of rotatable bonds is 9. The fourth-order valence-corrected chi connectivity index (χ4v) is 2.66. The summed E-state index contributed by atoms with van der Waals surface area (Å²) in [6.07, 6.45) is 1.91. The smallest absolute Gasteiger partial charge is 0.414 e. The number of pyridine rings is 2. The number of anilines is 3. The molecular weight excluding hydrogens is 374 g/mol. The van der Waals surface area contributed by atoms with Gasteiger partial charge in [-0.3, -0.25) is 9.88 Å². The van der Waals surface area contributed by atoms with Crippen LogP contribution in [0.1, 0.15) is 37.9 Å². The minimum atomic E-state index is -0.621. The minimum absolute atomic E-state index is 0.0267. The van der Waals surface area contributed by atoms with Gasteiger partial charge in [0.25, 0.3) is 0 Å². The lowest BCUT2D eigenvalue weighted by atomic mass is 10.2. The Morgan fingerprint density at radius 3 is 2.69 bits per heavy atom. The van der Waals surface area contributed by atoms with Gasteiger partial charge in [-0.25, -0.2) is 4.79 Å². The Morgan fingerprint density at radius 2 is 2.07 bits per heavy atom. The second-order valence-electron chi connectivity index (χ2n) is 6.62. The molecular formula is C20H29N5O4. The van der Waals surface area contributed by atoms with E-state index in [-0.39, 0.29) is 37.1 Å². The van der Waals surface area contributed by atoms with Gasteiger partial charge in [0.15, 0.2) is 5.82 Å². The molecule has 0 bridgehead atoms. The van der Waals surface area contributed by atoms with E-state index < -0.39 is 12.2 Å². The van der Waals surface area contributed by atoms with Crippen molar-refractivity contribution in [3.05, 3.63) is 35.7 Å². The third kappa shape index (κ3) is 6.21. The first-order valence-electron chi connectivity index (χ1n) is 9.58. The summed E-state index contributed by atoms with van der Waals surface area (Å²) in [5.41, 5.74) is 14.2. The molecule has 1 unspecified atom stereocenters. The van der Waals surface area contributed by atoms with Crippen molar-refractivity contribution in [3.8, 4) is 5.88 Å². The number of nitrogens with zero attached hydrogens (tertiary/aromatic N) is 3. The van der Waals surface area contributed by atoms with Gasteiger partial charge >= 0.3 is 6.09 Å². The lowest BCUT2D eigenvalue weighted by molar-refractivity contribution is 0.0970. The van der Waals surface area contributed by atoms with Crippen molar-refractivity contribution < 1.29 is 19.4 Å². The number of hydrogen-bond acceptors (Lipinski definition) is 8. The third-order valence-corrected chi connectivity index (χ3v) is 4.18. The van der Waals surface area contributed by atoms with E-state index in [1.54, 1.807) is 13.1 Å². The largest absolute Gasteiger partial charge is 0.475 e. The Morgan fingerprint density at radius 1 is 1.31 bits per heavy atom. The van der Waals surface area contributed by atoms with Crippen molar-refractivity contribution in [1.29, 1.82) is 0 Å². The quantitative estimate of drug-likeness (QED) is 0.581. The molecule has 5 N–H and O–H groups in total. The molecule has 0 saturated carbocycles. The molecule has 2 aromatic heterocycles. The summed E-state index contributed by atoms with van der Waals surface area (Å²) < 4.78 is 10.8. The number of carbonyl (C=O) groups is 1. The van der Waals surface area contributed by atoms with Gasteiger partial charge in [-0.05, 0) is 31.9 Å². The number of nitrogen functional groups attached to an aromatic ring is 2. The van der Waals surface area contributed by atoms with Crippen molar-refractivity contribution in [1.82, 2.24) is 9.97 Å². The first kappa shape index (κ1) is 22.2. The number of aliphatic hydroxyl groups is 1. The summed E-state index contributed by atoms with van der Waals surface area (Å²) >= 11 is 0. The highest BCUT2D eigenvalue weighted by Crippen LogP contribution is 2.33. The molecule has 2 rings (SSSR count). The number of nitrogens with two attached hydrogens (primary N) is 2. The lowest BCUT2D eigenvalue weighted by Gasteiger charge is -2.24. The summed E-state index contributed by atoms with van der Waals surface area (Å²) in [6.45, 7) is 6.01. The van der Waals surface area contributed by atoms with E-state index in [1.165, 1.54) is 11.0 Å². The highest BCUT2D eigenvalue weighted by atomic mass is 16.6. The zero-order chi connectivity index (χ0) is 21.4. The zero-order valence-electron chi connectivity index (χ0n) is 17.1. The molecule has 0 aliphatic rings. The van der Waals surface area contributed by atoms with Crippen LogP contribution in [0.15, 0.2) is 24.4 Å². The van der Waals surface area contributed by atoms with Crippen LogP contribution < -0.4 is 21.1 Å². The maximum atomic E-state index is 12.6. The predicted octanol–water partition coefficient (Wildman–Crippen LogP) is 2.65. The van der Waals surface area contributed by atoms with Crippen LogP contribution in [0.4, 0.5) is 22.0 Å². The Kier molecular flexibility index (Phi) is 8.02. The van der Waals surface area contributed by atoms with Gasteiger partial charge < -0.3 is 26.0 Å². The highest BCUT2D eigenvalue weighted by Gasteiger charge is 2.23. The van der Waals surface area contributed by atoms with Crippen molar-refractivity contribution in [2.75, 3.05) is 29.6 Å². The number of amides is 1. The molecule has 1 atom stereocenters. The summed E-state index contributed by atoms with van der Waals surface area (Å²) in [7, 11) is 0. The van der Waals surface area contributed by atoms with E-state index in [0.717, 1.165) is 17.7 Å². The van der Waals surface area contributed by atoms with Gasteiger partial charge in [-0.15, -0.1) is 0 Å². The lowest BCUT2D eigenvalue weighted by Crippen LogP contribution is -2.32. The van der Waals surface area contributed by atoms with Crippen LogP contribution in [0.5, 0.6) is 5.88 Å². The Hall–Kier alpha value is -3.07. The number of aryl methyl sites for hydroxylation is 1. The molecule has 0 radical (unpaired) electrons. The molecule has 0 spiro atoms. The van der Waals surface area contributed by atoms with Gasteiger partial charge in [0.1, 0.15) is 6.61 Å². The van der Waals surface area contributed by atoms with E-state index in [0.29, 0.717) is 12.1 Å². The van der Waals surface area contributed by atoms with Gasteiger partial charge in [0, 0.05) is 18.0 Å². The molecule has 9 heteroatoms. The number of hydrogen-bond donors (Lipinski definition) is 3. The molecule has 2 heterocycles. The van der Waals surface area contributed by atoms with Crippen LogP contribution >= 0.6 is 0 Å². The Bertz CT molecular complexity index is 813. The molecule has 0 saturated heterocycles. The number of ether oxygens (including phenoxy) is 2. The molecule has 2 aromatic rings. The normalized spacial score (nSPS) is 11.7. The van der Waals surface area contributed by atoms with Gasteiger partial charge in [0.05, 0.1) is 30.6 Å². The average Bonchev–Trinajstić information content (AvgIpc) is 2.69. The van der Waals surface area contributed by atoms with Crippen molar-refractivity contribution in [3.63, 3.8) is 0 Å². The van der Waals surface area contributed by atoms with Crippen LogP contribution in [-0.4, -0.2) is 40.5 Å². The maximum absolute atomic E-state index is 12.6. The van der Waals surface area contributed by atoms with Gasteiger partial charge in [-0.2, -0.15) is 4.98 Å². The first-order chi connectivity index (χ1) is 13.8. The molecule has 0 aliphatic heterocycles. The topological polar surface area (TPSA) is 137 Å². The van der Waals surface area contributed by atoms with Gasteiger partial charge in [-0.1, -0.05) is 19.4 Å². The average molecular weight is 403 g/mol. The molecule has 1 amide bonds. The summed E-state index contributed by atoms with van der Waals surface area (Å²) in [5, 5.41) is 9.89. The molecule has 0 fully saturated rings. The Labute approximate surface area is 170 Å². The van der Waals surface area contributed by atoms with E-state index in [1.807, 2.05) is 26.0 Å². The Balaban J connectivity index is 2.34. The number of aliphatic hydroxyl groups excluding tert-OH is 1. The number of aromatic nitrogens is 2. The van der Waals surface area contributed by atoms with Crippen molar-refractivity contribution in [2.24, 2.45) is 0 Å². The second-order valence-corrected chi connectivity index (χ2v) is 6.62. The van der Waals surface area contributed by atoms with E-state index in [4.69, 9.17) is 20.9 Å². The summed E-state index contributed by atoms with van der Waals surface area (Å²) in [4.78, 5) is 22.3. The molecule has 158 valence electrons. The third-order valence-electron chi connectivity index (χ3n) is 4.18. The number of carbonyl (C=O) groups excluding carboxylic acids is 1. The van der Waals surface area contributed by atoms with Crippen LogP contribution in [0, 0.1) is 6.92 Å². The minimum Gasteiger partial charge on any atom is -0.475 e. The van der Waals surface area contributed by atoms with E-state index in [2.05, 4.69) is 9.97 Å². The van der Waals surface area contributed by atoms with Crippen LogP contribution in [0.3, 0.4) is 0 Å². The molecule has 9 nitrogen and oxygen atoms in total. The fraction of sp³-hybridized carbons (Fsp3) is 0.450. The fourth-order valence-electron chi connectivity index (χ4n) is 2.66. The highest BCUT2D eigenvalue weighted by molar-refractivity contribution is 5.94. The summed E-state index contributed by atoms with van der Waals surface area (Å²) in [5.74, 6) is 0.192. The SMILES string of the molecule is CCCC(O)COc1cc(N(Cc2ccc(C)nc2)C(=O)OCC)c(N)c(N)n1. The second kappa shape index (κ2) is 10.5.